The van der Waals surface area contributed by atoms with Crippen LogP contribution in [0.1, 0.15) is 24.0 Å². The maximum Gasteiger partial charge on any atom is 0.117 e. The average molecular weight is 264 g/mol. The molecule has 96 valence electrons. The molecule has 1 aromatic heterocycles. The van der Waals surface area contributed by atoms with Crippen LogP contribution in [0.25, 0.3) is 0 Å². The minimum Gasteiger partial charge on any atom is -0.465 e. The second-order valence-electron chi connectivity index (χ2n) is 4.59. The van der Waals surface area contributed by atoms with Gasteiger partial charge in [-0.1, -0.05) is 29.8 Å². The normalized spacial score (nSPS) is 12.6. The Labute approximate surface area is 113 Å². The van der Waals surface area contributed by atoms with Gasteiger partial charge in [-0.2, -0.15) is 0 Å². The van der Waals surface area contributed by atoms with Crippen LogP contribution in [0.2, 0.25) is 5.02 Å². The van der Waals surface area contributed by atoms with Crippen LogP contribution < -0.4 is 5.32 Å². The van der Waals surface area contributed by atoms with Crippen LogP contribution in [0, 0.1) is 6.92 Å². The minimum absolute atomic E-state index is 0.357. The fraction of sp³-hybridized carbons (Fsp3) is 0.333. The summed E-state index contributed by atoms with van der Waals surface area (Å²) in [7, 11) is 0. The third-order valence-electron chi connectivity index (χ3n) is 2.90. The zero-order valence-corrected chi connectivity index (χ0v) is 11.5. The van der Waals surface area contributed by atoms with E-state index in [0.29, 0.717) is 6.04 Å². The second kappa shape index (κ2) is 6.07. The largest absolute Gasteiger partial charge is 0.465 e. The van der Waals surface area contributed by atoms with Crippen molar-refractivity contribution in [1.82, 2.24) is 5.32 Å². The monoisotopic (exact) mass is 263 g/mol. The summed E-state index contributed by atoms with van der Waals surface area (Å²) in [6.07, 6.45) is 0.916. The summed E-state index contributed by atoms with van der Waals surface area (Å²) in [5, 5.41) is 4.27. The molecule has 3 heteroatoms. The summed E-state index contributed by atoms with van der Waals surface area (Å²) in [6.45, 7) is 4.86. The Kier molecular flexibility index (Phi) is 4.45. The van der Waals surface area contributed by atoms with Crippen LogP contribution in [0.4, 0.5) is 0 Å². The first-order valence-corrected chi connectivity index (χ1v) is 6.55. The molecule has 2 aromatic rings. The SMILES string of the molecule is Cc1ccc(CNC(C)Cc2ccccc2Cl)o1. The number of halogens is 1. The lowest BCUT2D eigenvalue weighted by Gasteiger charge is -2.13. The number of aryl methyl sites for hydroxylation is 1. The van der Waals surface area contributed by atoms with Crippen LogP contribution in [-0.4, -0.2) is 6.04 Å². The molecule has 0 spiro atoms. The molecule has 1 aromatic carbocycles. The molecule has 1 N–H and O–H groups in total. The molecule has 18 heavy (non-hydrogen) atoms. The Morgan fingerprint density at radius 1 is 1.22 bits per heavy atom. The van der Waals surface area contributed by atoms with Gasteiger partial charge < -0.3 is 9.73 Å². The quantitative estimate of drug-likeness (QED) is 0.883. The molecule has 0 saturated carbocycles. The summed E-state index contributed by atoms with van der Waals surface area (Å²) in [4.78, 5) is 0. The van der Waals surface area contributed by atoms with E-state index in [1.54, 1.807) is 0 Å². The standard InChI is InChI=1S/C15H18ClNO/c1-11(9-13-5-3-4-6-15(13)16)17-10-14-8-7-12(2)18-14/h3-8,11,17H,9-10H2,1-2H3. The number of hydrogen-bond donors (Lipinski definition) is 1. The van der Waals surface area contributed by atoms with Gasteiger partial charge in [0.05, 0.1) is 6.54 Å². The number of nitrogens with one attached hydrogen (secondary N) is 1. The highest BCUT2D eigenvalue weighted by molar-refractivity contribution is 6.31. The van der Waals surface area contributed by atoms with Crippen molar-refractivity contribution in [3.63, 3.8) is 0 Å². The molecule has 0 fully saturated rings. The molecule has 0 radical (unpaired) electrons. The Morgan fingerprint density at radius 3 is 2.67 bits per heavy atom. The fourth-order valence-electron chi connectivity index (χ4n) is 1.92. The number of benzene rings is 1. The maximum absolute atomic E-state index is 6.14. The Hall–Kier alpha value is -1.25. The van der Waals surface area contributed by atoms with Crippen LogP contribution >= 0.6 is 11.6 Å². The van der Waals surface area contributed by atoms with E-state index in [1.165, 1.54) is 5.56 Å². The van der Waals surface area contributed by atoms with Gasteiger partial charge in [0.15, 0.2) is 0 Å². The van der Waals surface area contributed by atoms with Gasteiger partial charge in [-0.05, 0) is 44.0 Å². The third-order valence-corrected chi connectivity index (χ3v) is 3.27. The zero-order chi connectivity index (χ0) is 13.0. The van der Waals surface area contributed by atoms with E-state index < -0.39 is 0 Å². The van der Waals surface area contributed by atoms with E-state index in [9.17, 15) is 0 Å². The van der Waals surface area contributed by atoms with Crippen molar-refractivity contribution >= 4 is 11.6 Å². The highest BCUT2D eigenvalue weighted by Gasteiger charge is 2.07. The molecule has 2 rings (SSSR count). The van der Waals surface area contributed by atoms with E-state index in [0.717, 1.165) is 29.5 Å². The van der Waals surface area contributed by atoms with E-state index in [2.05, 4.69) is 18.3 Å². The first-order chi connectivity index (χ1) is 8.65. The molecular weight excluding hydrogens is 246 g/mol. The minimum atomic E-state index is 0.357. The van der Waals surface area contributed by atoms with Crippen molar-refractivity contribution < 1.29 is 4.42 Å². The van der Waals surface area contributed by atoms with Crippen molar-refractivity contribution in [2.45, 2.75) is 32.9 Å². The molecule has 0 saturated heterocycles. The van der Waals surface area contributed by atoms with Crippen molar-refractivity contribution in [2.24, 2.45) is 0 Å². The highest BCUT2D eigenvalue weighted by Crippen LogP contribution is 2.16. The summed E-state index contributed by atoms with van der Waals surface area (Å²) < 4.78 is 5.52. The van der Waals surface area contributed by atoms with Crippen LogP contribution in [0.3, 0.4) is 0 Å². The summed E-state index contributed by atoms with van der Waals surface area (Å²) >= 11 is 6.14. The van der Waals surface area contributed by atoms with E-state index in [4.69, 9.17) is 16.0 Å². The lowest BCUT2D eigenvalue weighted by atomic mass is 10.1. The Morgan fingerprint density at radius 2 is 2.00 bits per heavy atom. The van der Waals surface area contributed by atoms with Gasteiger partial charge >= 0.3 is 0 Å². The zero-order valence-electron chi connectivity index (χ0n) is 10.7. The number of furan rings is 1. The highest BCUT2D eigenvalue weighted by atomic mass is 35.5. The molecule has 1 heterocycles. The second-order valence-corrected chi connectivity index (χ2v) is 5.00. The van der Waals surface area contributed by atoms with E-state index >= 15 is 0 Å². The van der Waals surface area contributed by atoms with Crippen LogP contribution in [-0.2, 0) is 13.0 Å². The van der Waals surface area contributed by atoms with Gasteiger partial charge in [0, 0.05) is 11.1 Å². The van der Waals surface area contributed by atoms with Crippen molar-refractivity contribution in [2.75, 3.05) is 0 Å². The van der Waals surface area contributed by atoms with Gasteiger partial charge in [0.2, 0.25) is 0 Å². The van der Waals surface area contributed by atoms with E-state index in [1.807, 2.05) is 37.3 Å². The first-order valence-electron chi connectivity index (χ1n) is 6.17. The van der Waals surface area contributed by atoms with Crippen molar-refractivity contribution in [3.8, 4) is 0 Å². The van der Waals surface area contributed by atoms with Crippen molar-refractivity contribution in [1.29, 1.82) is 0 Å². The molecule has 0 aliphatic carbocycles. The number of hydrogen-bond acceptors (Lipinski definition) is 2. The molecule has 0 amide bonds. The topological polar surface area (TPSA) is 25.2 Å². The molecule has 1 unspecified atom stereocenters. The van der Waals surface area contributed by atoms with Gasteiger partial charge in [-0.3, -0.25) is 0 Å². The molecule has 0 aliphatic rings. The Bertz CT molecular complexity index is 507. The molecule has 0 bridgehead atoms. The van der Waals surface area contributed by atoms with Crippen molar-refractivity contribution in [3.05, 3.63) is 58.5 Å². The Balaban J connectivity index is 1.85. The molecule has 1 atom stereocenters. The lowest BCUT2D eigenvalue weighted by Crippen LogP contribution is -2.27. The predicted octanol–water partition coefficient (Wildman–Crippen LogP) is 3.96. The van der Waals surface area contributed by atoms with Crippen LogP contribution in [0.5, 0.6) is 0 Å². The molecule has 2 nitrogen and oxygen atoms in total. The first kappa shape index (κ1) is 13.2. The van der Waals surface area contributed by atoms with Gasteiger partial charge in [-0.15, -0.1) is 0 Å². The number of rotatable bonds is 5. The summed E-state index contributed by atoms with van der Waals surface area (Å²) in [6, 6.07) is 12.3. The maximum atomic E-state index is 6.14. The van der Waals surface area contributed by atoms with Gasteiger partial charge in [0.25, 0.3) is 0 Å². The predicted molar refractivity (Wildman–Crippen MR) is 74.9 cm³/mol. The average Bonchev–Trinajstić information content (AvgIpc) is 2.76. The van der Waals surface area contributed by atoms with Crippen LogP contribution in [0.15, 0.2) is 40.8 Å². The summed E-state index contributed by atoms with van der Waals surface area (Å²) in [5.74, 6) is 1.92. The lowest BCUT2D eigenvalue weighted by molar-refractivity contribution is 0.439. The smallest absolute Gasteiger partial charge is 0.117 e. The van der Waals surface area contributed by atoms with Gasteiger partial charge in [-0.25, -0.2) is 0 Å². The fourth-order valence-corrected chi connectivity index (χ4v) is 2.13. The van der Waals surface area contributed by atoms with E-state index in [-0.39, 0.29) is 0 Å². The molecular formula is C15H18ClNO. The third kappa shape index (κ3) is 3.62. The van der Waals surface area contributed by atoms with Gasteiger partial charge in [0.1, 0.15) is 11.5 Å². The summed E-state index contributed by atoms with van der Waals surface area (Å²) in [5.41, 5.74) is 1.18. The molecule has 0 aliphatic heterocycles.